The molecule has 11 heteroatoms. The van der Waals surface area contributed by atoms with Gasteiger partial charge in [0.05, 0.1) is 46.9 Å². The lowest BCUT2D eigenvalue weighted by Gasteiger charge is -2.34. The van der Waals surface area contributed by atoms with Crippen LogP contribution < -0.4 is 20.7 Å². The Kier molecular flexibility index (Phi) is 6.54. The lowest BCUT2D eigenvalue weighted by Crippen LogP contribution is -2.54. The zero-order valence-corrected chi connectivity index (χ0v) is 22.5. The summed E-state index contributed by atoms with van der Waals surface area (Å²) < 4.78 is 2.83. The van der Waals surface area contributed by atoms with Crippen molar-refractivity contribution in [3.63, 3.8) is 0 Å². The Labute approximate surface area is 233 Å². The van der Waals surface area contributed by atoms with Crippen LogP contribution in [0.2, 0.25) is 0 Å². The van der Waals surface area contributed by atoms with Crippen molar-refractivity contribution in [3.8, 4) is 0 Å². The van der Waals surface area contributed by atoms with E-state index in [1.165, 1.54) is 10.0 Å². The minimum absolute atomic E-state index is 0.463. The van der Waals surface area contributed by atoms with Crippen molar-refractivity contribution in [1.82, 2.24) is 19.7 Å². The van der Waals surface area contributed by atoms with E-state index in [4.69, 9.17) is 0 Å². The Balaban J connectivity index is 1.51. The zero-order valence-electron chi connectivity index (χ0n) is 21.6. The highest BCUT2D eigenvalue weighted by atomic mass is 32.1. The summed E-state index contributed by atoms with van der Waals surface area (Å²) in [5.41, 5.74) is 3.90. The van der Waals surface area contributed by atoms with Gasteiger partial charge in [0.1, 0.15) is 0 Å². The zero-order chi connectivity index (χ0) is 27.6. The Morgan fingerprint density at radius 2 is 1.45 bits per heavy atom. The highest BCUT2D eigenvalue weighted by Gasteiger charge is 2.31. The van der Waals surface area contributed by atoms with Crippen LogP contribution in [0.1, 0.15) is 5.56 Å². The van der Waals surface area contributed by atoms with Crippen molar-refractivity contribution in [2.24, 2.45) is 7.05 Å². The summed E-state index contributed by atoms with van der Waals surface area (Å²) in [6, 6.07) is 17.0. The normalized spacial score (nSPS) is 10.9. The number of anilines is 4. The summed E-state index contributed by atoms with van der Waals surface area (Å²) in [5.74, 6) is 0. The van der Waals surface area contributed by atoms with Crippen LogP contribution in [0.25, 0.3) is 21.0 Å². The Morgan fingerprint density at radius 1 is 0.825 bits per heavy atom. The van der Waals surface area contributed by atoms with E-state index in [1.807, 2.05) is 44.3 Å². The summed E-state index contributed by atoms with van der Waals surface area (Å²) in [6.07, 6.45) is 8.05. The number of urea groups is 2. The number of carbonyl (C=O) groups is 2. The van der Waals surface area contributed by atoms with E-state index >= 15 is 0 Å². The molecule has 40 heavy (non-hydrogen) atoms. The van der Waals surface area contributed by atoms with Gasteiger partial charge in [0.15, 0.2) is 0 Å². The van der Waals surface area contributed by atoms with E-state index in [0.717, 1.165) is 26.6 Å². The summed E-state index contributed by atoms with van der Waals surface area (Å²) in [4.78, 5) is 36.3. The minimum Gasteiger partial charge on any atom is -0.305 e. The number of rotatable bonds is 4. The van der Waals surface area contributed by atoms with Gasteiger partial charge < -0.3 is 10.6 Å². The molecule has 0 spiro atoms. The van der Waals surface area contributed by atoms with Crippen LogP contribution in [0, 0.1) is 6.92 Å². The molecule has 4 amide bonds. The lowest BCUT2D eigenvalue weighted by molar-refractivity contribution is 0.248. The van der Waals surface area contributed by atoms with Gasteiger partial charge in [0, 0.05) is 29.5 Å². The number of thiophene rings is 1. The predicted molar refractivity (Wildman–Crippen MR) is 159 cm³/mol. The number of hydrogen-bond acceptors (Lipinski definition) is 6. The van der Waals surface area contributed by atoms with Crippen LogP contribution in [0.3, 0.4) is 0 Å². The SMILES string of the molecule is Cc1csc2ccc(N(C(=O)Nc3cccnc3)N(C(=O)Nc3cccnc3)c3ccc4c(cnn4C)c3)cc12. The number of carbonyl (C=O) groups excluding carboxylic acids is 2. The van der Waals surface area contributed by atoms with Gasteiger partial charge >= 0.3 is 12.1 Å². The second-order valence-electron chi connectivity index (χ2n) is 9.08. The first-order valence-corrected chi connectivity index (χ1v) is 13.3. The van der Waals surface area contributed by atoms with Crippen molar-refractivity contribution in [3.05, 3.63) is 103 Å². The molecule has 0 fully saturated rings. The Morgan fingerprint density at radius 3 is 2.08 bits per heavy atom. The van der Waals surface area contributed by atoms with E-state index in [9.17, 15) is 9.59 Å². The van der Waals surface area contributed by atoms with Gasteiger partial charge in [-0.15, -0.1) is 11.3 Å². The van der Waals surface area contributed by atoms with Crippen molar-refractivity contribution in [2.75, 3.05) is 20.7 Å². The van der Waals surface area contributed by atoms with Crippen molar-refractivity contribution >= 4 is 67.1 Å². The summed E-state index contributed by atoms with van der Waals surface area (Å²) in [7, 11) is 1.85. The molecule has 0 bridgehead atoms. The number of hydrazine groups is 1. The quantitative estimate of drug-likeness (QED) is 0.242. The predicted octanol–water partition coefficient (Wildman–Crippen LogP) is 6.58. The summed E-state index contributed by atoms with van der Waals surface area (Å²) in [5, 5.41) is 16.6. The largest absolute Gasteiger partial charge is 0.345 e. The molecule has 6 rings (SSSR count). The number of aromatic nitrogens is 4. The standard InChI is InChI=1S/C29H24N8O2S/c1-19-18-40-27-10-8-24(14-25(19)27)37(29(39)34-22-6-4-12-31-17-22)36(28(38)33-21-5-3-11-30-16-21)23-7-9-26-20(13-23)15-32-35(26)2/h3-18H,1-2H3,(H,33,38)(H,34,39). The summed E-state index contributed by atoms with van der Waals surface area (Å²) >= 11 is 1.63. The number of benzene rings is 2. The molecular weight excluding hydrogens is 524 g/mol. The number of pyridine rings is 2. The molecule has 10 nitrogen and oxygen atoms in total. The third-order valence-electron chi connectivity index (χ3n) is 6.38. The molecule has 2 N–H and O–H groups in total. The average molecular weight is 549 g/mol. The fourth-order valence-corrected chi connectivity index (χ4v) is 5.36. The van der Waals surface area contributed by atoms with Gasteiger partial charge in [-0.1, -0.05) is 0 Å². The van der Waals surface area contributed by atoms with Gasteiger partial charge in [-0.25, -0.2) is 9.59 Å². The van der Waals surface area contributed by atoms with Crippen LogP contribution >= 0.6 is 11.3 Å². The number of nitrogens with zero attached hydrogens (tertiary/aromatic N) is 6. The Hall–Kier alpha value is -5.29. The molecule has 0 aliphatic carbocycles. The maximum absolute atomic E-state index is 14.1. The van der Waals surface area contributed by atoms with Gasteiger partial charge in [0.25, 0.3) is 0 Å². The molecule has 0 saturated carbocycles. The molecule has 0 saturated heterocycles. The van der Waals surface area contributed by atoms with Crippen molar-refractivity contribution in [1.29, 1.82) is 0 Å². The number of fused-ring (bicyclic) bond motifs is 2. The average Bonchev–Trinajstić information content (AvgIpc) is 3.53. The van der Waals surface area contributed by atoms with Gasteiger partial charge in [0.2, 0.25) is 0 Å². The molecule has 0 unspecified atom stereocenters. The van der Waals surface area contributed by atoms with Gasteiger partial charge in [-0.3, -0.25) is 14.6 Å². The first kappa shape index (κ1) is 25.0. The van der Waals surface area contributed by atoms with Crippen molar-refractivity contribution in [2.45, 2.75) is 6.92 Å². The molecule has 198 valence electrons. The van der Waals surface area contributed by atoms with Crippen LogP contribution in [-0.4, -0.2) is 31.8 Å². The second kappa shape index (κ2) is 10.5. The molecule has 4 aromatic heterocycles. The molecule has 4 heterocycles. The highest BCUT2D eigenvalue weighted by Crippen LogP contribution is 2.33. The number of amides is 4. The monoisotopic (exact) mass is 548 g/mol. The molecule has 0 atom stereocenters. The van der Waals surface area contributed by atoms with Gasteiger partial charge in [-0.05, 0) is 83.9 Å². The van der Waals surface area contributed by atoms with Gasteiger partial charge in [-0.2, -0.15) is 15.1 Å². The van der Waals surface area contributed by atoms with E-state index < -0.39 is 12.1 Å². The number of hydrogen-bond donors (Lipinski definition) is 2. The molecule has 2 aromatic carbocycles. The third-order valence-corrected chi connectivity index (χ3v) is 7.46. The minimum atomic E-state index is -0.556. The highest BCUT2D eigenvalue weighted by molar-refractivity contribution is 7.17. The van der Waals surface area contributed by atoms with Crippen LogP contribution in [-0.2, 0) is 7.05 Å². The fraction of sp³-hybridized carbons (Fsp3) is 0.0690. The lowest BCUT2D eigenvalue weighted by atomic mass is 10.1. The van der Waals surface area contributed by atoms with E-state index in [2.05, 4.69) is 31.1 Å². The van der Waals surface area contributed by atoms with Crippen LogP contribution in [0.4, 0.5) is 32.3 Å². The van der Waals surface area contributed by atoms with Crippen LogP contribution in [0.15, 0.2) is 97.0 Å². The smallest absolute Gasteiger partial charge is 0.305 e. The van der Waals surface area contributed by atoms with E-state index in [1.54, 1.807) is 77.3 Å². The molecule has 0 aliphatic heterocycles. The van der Waals surface area contributed by atoms with E-state index in [-0.39, 0.29) is 0 Å². The molecule has 0 radical (unpaired) electrons. The first-order chi connectivity index (χ1) is 19.5. The summed E-state index contributed by atoms with van der Waals surface area (Å²) in [6.45, 7) is 2.02. The molecule has 6 aromatic rings. The maximum atomic E-state index is 14.1. The maximum Gasteiger partial charge on any atom is 0.345 e. The fourth-order valence-electron chi connectivity index (χ4n) is 4.43. The molecule has 0 aliphatic rings. The van der Waals surface area contributed by atoms with Crippen molar-refractivity contribution < 1.29 is 9.59 Å². The number of aryl methyl sites for hydroxylation is 2. The molecular formula is C29H24N8O2S. The Bertz CT molecular complexity index is 1840. The number of nitrogens with one attached hydrogen (secondary N) is 2. The van der Waals surface area contributed by atoms with E-state index in [0.29, 0.717) is 22.7 Å². The second-order valence-corrected chi connectivity index (χ2v) is 9.99. The first-order valence-electron chi connectivity index (χ1n) is 12.4. The third kappa shape index (κ3) is 4.81. The topological polar surface area (TPSA) is 108 Å². The van der Waals surface area contributed by atoms with Crippen LogP contribution in [0.5, 0.6) is 0 Å².